The molecule has 0 aromatic heterocycles. The van der Waals surface area contributed by atoms with Gasteiger partial charge in [0.2, 0.25) is 6.79 Å². The number of carbonyl (C=O) groups excluding carboxylic acids is 1. The topological polar surface area (TPSA) is 38.8 Å². The van der Waals surface area contributed by atoms with E-state index in [1.54, 1.807) is 6.07 Å². The molecule has 2 aromatic carbocycles. The first-order valence-electron chi connectivity index (χ1n) is 9.02. The van der Waals surface area contributed by atoms with Crippen LogP contribution in [0.15, 0.2) is 36.4 Å². The van der Waals surface area contributed by atoms with E-state index in [1.807, 2.05) is 31.2 Å². The Morgan fingerprint density at radius 3 is 3.00 bits per heavy atom. The molecule has 136 valence electrons. The number of carbonyl (C=O) groups is 1. The van der Waals surface area contributed by atoms with Crippen LogP contribution in [0.25, 0.3) is 0 Å². The molecule has 26 heavy (non-hydrogen) atoms. The van der Waals surface area contributed by atoms with Crippen molar-refractivity contribution >= 4 is 17.4 Å². The molecule has 0 amide bonds. The number of halogens is 1. The second-order valence-electron chi connectivity index (χ2n) is 7.05. The van der Waals surface area contributed by atoms with E-state index >= 15 is 0 Å². The Kier molecular flexibility index (Phi) is 4.88. The lowest BCUT2D eigenvalue weighted by molar-refractivity contribution is 0.0810. The summed E-state index contributed by atoms with van der Waals surface area (Å²) in [6.07, 6.45) is 1.96. The molecule has 1 saturated heterocycles. The number of Topliss-reactive ketones (excluding diaryl/α,β-unsaturated/α-hetero) is 1. The van der Waals surface area contributed by atoms with Crippen molar-refractivity contribution in [2.24, 2.45) is 5.92 Å². The SMILES string of the molecule is Cc1cc(Cl)ccc1C(=O)C1CCCN(Cc2cccc3c2OCO3)C1. The van der Waals surface area contributed by atoms with Crippen molar-refractivity contribution in [1.29, 1.82) is 0 Å². The first-order chi connectivity index (χ1) is 12.6. The number of rotatable bonds is 4. The highest BCUT2D eigenvalue weighted by Gasteiger charge is 2.28. The highest BCUT2D eigenvalue weighted by Crippen LogP contribution is 2.36. The standard InChI is InChI=1S/C21H22ClNO3/c1-14-10-17(22)7-8-18(14)20(24)15-5-3-9-23(11-15)12-16-4-2-6-19-21(16)26-13-25-19/h2,4,6-8,10,15H,3,5,9,11-13H2,1H3. The van der Waals surface area contributed by atoms with Gasteiger partial charge in [-0.15, -0.1) is 0 Å². The number of ketones is 1. The van der Waals surface area contributed by atoms with E-state index < -0.39 is 0 Å². The molecule has 0 spiro atoms. The number of ether oxygens (including phenoxy) is 2. The Morgan fingerprint density at radius 2 is 2.15 bits per heavy atom. The smallest absolute Gasteiger partial charge is 0.231 e. The Morgan fingerprint density at radius 1 is 1.27 bits per heavy atom. The normalized spacial score (nSPS) is 19.5. The molecule has 1 unspecified atom stereocenters. The Balaban J connectivity index is 1.48. The third-order valence-electron chi connectivity index (χ3n) is 5.20. The van der Waals surface area contributed by atoms with Crippen LogP contribution in [0.2, 0.25) is 5.02 Å². The third-order valence-corrected chi connectivity index (χ3v) is 5.44. The minimum Gasteiger partial charge on any atom is -0.454 e. The predicted molar refractivity (Wildman–Crippen MR) is 101 cm³/mol. The predicted octanol–water partition coefficient (Wildman–Crippen LogP) is 4.47. The lowest BCUT2D eigenvalue weighted by atomic mass is 9.88. The van der Waals surface area contributed by atoms with Crippen LogP contribution in [0.5, 0.6) is 11.5 Å². The van der Waals surface area contributed by atoms with E-state index in [-0.39, 0.29) is 18.5 Å². The maximum absolute atomic E-state index is 13.0. The van der Waals surface area contributed by atoms with Crippen molar-refractivity contribution in [1.82, 2.24) is 4.90 Å². The van der Waals surface area contributed by atoms with Crippen molar-refractivity contribution in [3.05, 3.63) is 58.1 Å². The molecule has 2 aliphatic rings. The van der Waals surface area contributed by atoms with E-state index in [1.165, 1.54) is 0 Å². The summed E-state index contributed by atoms with van der Waals surface area (Å²) >= 11 is 6.03. The van der Waals surface area contributed by atoms with Gasteiger partial charge in [-0.2, -0.15) is 0 Å². The van der Waals surface area contributed by atoms with Gasteiger partial charge >= 0.3 is 0 Å². The van der Waals surface area contributed by atoms with Crippen molar-refractivity contribution in [3.63, 3.8) is 0 Å². The lowest BCUT2D eigenvalue weighted by Crippen LogP contribution is -2.38. The Labute approximate surface area is 158 Å². The third kappa shape index (κ3) is 3.44. The van der Waals surface area contributed by atoms with Gasteiger partial charge in [0.15, 0.2) is 17.3 Å². The number of piperidine rings is 1. The van der Waals surface area contributed by atoms with Crippen LogP contribution in [0.1, 0.15) is 34.3 Å². The van der Waals surface area contributed by atoms with Gasteiger partial charge in [0.25, 0.3) is 0 Å². The van der Waals surface area contributed by atoms with E-state index in [0.29, 0.717) is 5.02 Å². The summed E-state index contributed by atoms with van der Waals surface area (Å²) in [4.78, 5) is 15.3. The average Bonchev–Trinajstić information content (AvgIpc) is 3.11. The monoisotopic (exact) mass is 371 g/mol. The number of likely N-dealkylation sites (tertiary alicyclic amines) is 1. The summed E-state index contributed by atoms with van der Waals surface area (Å²) in [5.41, 5.74) is 2.86. The summed E-state index contributed by atoms with van der Waals surface area (Å²) in [6.45, 7) is 4.77. The summed E-state index contributed by atoms with van der Waals surface area (Å²) in [7, 11) is 0. The van der Waals surface area contributed by atoms with Gasteiger partial charge in [0, 0.05) is 35.2 Å². The highest BCUT2D eigenvalue weighted by molar-refractivity contribution is 6.30. The van der Waals surface area contributed by atoms with Crippen molar-refractivity contribution in [3.8, 4) is 11.5 Å². The van der Waals surface area contributed by atoms with E-state index in [0.717, 1.165) is 60.7 Å². The number of hydrogen-bond acceptors (Lipinski definition) is 4. The molecule has 1 fully saturated rings. The van der Waals surface area contributed by atoms with Gasteiger partial charge in [-0.05, 0) is 56.1 Å². The molecular weight excluding hydrogens is 350 g/mol. The average molecular weight is 372 g/mol. The summed E-state index contributed by atoms with van der Waals surface area (Å²) < 4.78 is 11.1. The number of benzene rings is 2. The lowest BCUT2D eigenvalue weighted by Gasteiger charge is -2.32. The largest absolute Gasteiger partial charge is 0.454 e. The van der Waals surface area contributed by atoms with Crippen LogP contribution in [0, 0.1) is 12.8 Å². The van der Waals surface area contributed by atoms with Gasteiger partial charge in [-0.1, -0.05) is 23.7 Å². The Bertz CT molecular complexity index is 836. The number of para-hydroxylation sites is 1. The maximum atomic E-state index is 13.0. The molecule has 0 radical (unpaired) electrons. The summed E-state index contributed by atoms with van der Waals surface area (Å²) in [6, 6.07) is 11.5. The molecule has 4 nitrogen and oxygen atoms in total. The second-order valence-corrected chi connectivity index (χ2v) is 7.49. The van der Waals surface area contributed by atoms with Crippen LogP contribution < -0.4 is 9.47 Å². The number of hydrogen-bond donors (Lipinski definition) is 0. The zero-order chi connectivity index (χ0) is 18.1. The zero-order valence-electron chi connectivity index (χ0n) is 14.8. The van der Waals surface area contributed by atoms with Crippen LogP contribution in [0.4, 0.5) is 0 Å². The number of fused-ring (bicyclic) bond motifs is 1. The quantitative estimate of drug-likeness (QED) is 0.743. The van der Waals surface area contributed by atoms with Gasteiger partial charge in [0.05, 0.1) is 0 Å². The van der Waals surface area contributed by atoms with Crippen molar-refractivity contribution in [2.75, 3.05) is 19.9 Å². The van der Waals surface area contributed by atoms with Gasteiger partial charge < -0.3 is 9.47 Å². The number of nitrogens with zero attached hydrogens (tertiary/aromatic N) is 1. The van der Waals surface area contributed by atoms with Gasteiger partial charge in [-0.25, -0.2) is 0 Å². The molecule has 2 heterocycles. The minimum atomic E-state index is 0.0255. The molecule has 1 atom stereocenters. The molecule has 0 bridgehead atoms. The molecule has 0 saturated carbocycles. The van der Waals surface area contributed by atoms with Crippen LogP contribution in [-0.4, -0.2) is 30.6 Å². The number of aryl methyl sites for hydroxylation is 1. The Hall–Kier alpha value is -2.04. The van der Waals surface area contributed by atoms with E-state index in [2.05, 4.69) is 11.0 Å². The summed E-state index contributed by atoms with van der Waals surface area (Å²) in [5.74, 6) is 1.90. The maximum Gasteiger partial charge on any atom is 0.231 e. The molecule has 2 aliphatic heterocycles. The first-order valence-corrected chi connectivity index (χ1v) is 9.40. The second kappa shape index (κ2) is 7.29. The minimum absolute atomic E-state index is 0.0255. The van der Waals surface area contributed by atoms with Crippen molar-refractivity contribution < 1.29 is 14.3 Å². The molecule has 5 heteroatoms. The molecule has 0 aliphatic carbocycles. The molecular formula is C21H22ClNO3. The van der Waals surface area contributed by atoms with Crippen LogP contribution >= 0.6 is 11.6 Å². The fourth-order valence-corrected chi connectivity index (χ4v) is 4.12. The van der Waals surface area contributed by atoms with Gasteiger partial charge in [-0.3, -0.25) is 9.69 Å². The van der Waals surface area contributed by atoms with Crippen molar-refractivity contribution in [2.45, 2.75) is 26.3 Å². The van der Waals surface area contributed by atoms with E-state index in [4.69, 9.17) is 21.1 Å². The van der Waals surface area contributed by atoms with Gasteiger partial charge in [0.1, 0.15) is 0 Å². The molecule has 0 N–H and O–H groups in total. The highest BCUT2D eigenvalue weighted by atomic mass is 35.5. The zero-order valence-corrected chi connectivity index (χ0v) is 15.6. The summed E-state index contributed by atoms with van der Waals surface area (Å²) in [5, 5.41) is 0.671. The van der Waals surface area contributed by atoms with E-state index in [9.17, 15) is 4.79 Å². The molecule has 2 aromatic rings. The van der Waals surface area contributed by atoms with Crippen LogP contribution in [-0.2, 0) is 6.54 Å². The first kappa shape index (κ1) is 17.4. The fraction of sp³-hybridized carbons (Fsp3) is 0.381. The van der Waals surface area contributed by atoms with Crippen LogP contribution in [0.3, 0.4) is 0 Å². The fourth-order valence-electron chi connectivity index (χ4n) is 3.89. The molecule has 4 rings (SSSR count).